The molecule has 0 fully saturated rings. The molecule has 0 saturated heterocycles. The fraction of sp³-hybridized carbons (Fsp3) is 0.375. The van der Waals surface area contributed by atoms with E-state index in [1.807, 2.05) is 4.57 Å². The summed E-state index contributed by atoms with van der Waals surface area (Å²) in [4.78, 5) is 26.3. The minimum Gasteiger partial charge on any atom is -0.312 e. The zero-order valence-corrected chi connectivity index (χ0v) is 8.00. The second-order valence-electron chi connectivity index (χ2n) is 3.35. The van der Waals surface area contributed by atoms with Gasteiger partial charge < -0.3 is 9.88 Å². The van der Waals surface area contributed by atoms with E-state index < -0.39 is 0 Å². The first-order chi connectivity index (χ1) is 6.74. The van der Waals surface area contributed by atoms with Gasteiger partial charge in [-0.25, -0.2) is 0 Å². The highest BCUT2D eigenvalue weighted by Crippen LogP contribution is 2.38. The first-order valence-electron chi connectivity index (χ1n) is 4.30. The summed E-state index contributed by atoms with van der Waals surface area (Å²) >= 11 is 1.53. The molecule has 5 nitrogen and oxygen atoms in total. The van der Waals surface area contributed by atoms with Crippen molar-refractivity contribution in [3.05, 3.63) is 16.4 Å². The third-order valence-electron chi connectivity index (χ3n) is 2.39. The number of anilines is 1. The quantitative estimate of drug-likeness (QED) is 0.621. The Morgan fingerprint density at radius 2 is 2.43 bits per heavy atom. The second-order valence-corrected chi connectivity index (χ2v) is 4.34. The van der Waals surface area contributed by atoms with Crippen molar-refractivity contribution in [1.82, 2.24) is 9.55 Å². The van der Waals surface area contributed by atoms with Crippen LogP contribution in [0.4, 0.5) is 5.82 Å². The van der Waals surface area contributed by atoms with Crippen molar-refractivity contribution in [3.63, 3.8) is 0 Å². The number of hydrogen-bond donors (Lipinski definition) is 1. The molecule has 0 aromatic carbocycles. The Labute approximate surface area is 83.5 Å². The number of carbonyl (C=O) groups is 1. The molecule has 0 spiro atoms. The highest BCUT2D eigenvalue weighted by Gasteiger charge is 2.31. The predicted octanol–water partition coefficient (Wildman–Crippen LogP) is 0.232. The minimum atomic E-state index is -0.290. The van der Waals surface area contributed by atoms with Crippen molar-refractivity contribution in [2.24, 2.45) is 0 Å². The Morgan fingerprint density at radius 1 is 1.57 bits per heavy atom. The van der Waals surface area contributed by atoms with Crippen LogP contribution in [0.15, 0.2) is 16.0 Å². The van der Waals surface area contributed by atoms with Gasteiger partial charge in [-0.15, -0.1) is 0 Å². The SMILES string of the molecule is O=C1CC2CSc3nc(=O)cc(n32)N1. The lowest BCUT2D eigenvalue weighted by atomic mass is 10.2. The van der Waals surface area contributed by atoms with E-state index in [9.17, 15) is 9.59 Å². The minimum absolute atomic E-state index is 0.0194. The number of nitrogens with zero attached hydrogens (tertiary/aromatic N) is 2. The fourth-order valence-electron chi connectivity index (χ4n) is 1.82. The normalized spacial score (nSPS) is 23.1. The Balaban J connectivity index is 2.28. The largest absolute Gasteiger partial charge is 0.312 e. The van der Waals surface area contributed by atoms with Gasteiger partial charge in [0.2, 0.25) is 5.91 Å². The van der Waals surface area contributed by atoms with E-state index in [-0.39, 0.29) is 17.5 Å². The van der Waals surface area contributed by atoms with Crippen LogP contribution in [0, 0.1) is 0 Å². The third kappa shape index (κ3) is 1.00. The number of hydrogen-bond acceptors (Lipinski definition) is 4. The molecule has 1 N–H and O–H groups in total. The Morgan fingerprint density at radius 3 is 3.29 bits per heavy atom. The van der Waals surface area contributed by atoms with Gasteiger partial charge in [-0.1, -0.05) is 11.8 Å². The predicted molar refractivity (Wildman–Crippen MR) is 51.5 cm³/mol. The van der Waals surface area contributed by atoms with Crippen molar-refractivity contribution in [3.8, 4) is 0 Å². The Kier molecular flexibility index (Phi) is 1.49. The summed E-state index contributed by atoms with van der Waals surface area (Å²) < 4.78 is 1.94. The number of nitrogens with one attached hydrogen (secondary N) is 1. The van der Waals surface area contributed by atoms with Crippen LogP contribution < -0.4 is 10.9 Å². The molecule has 2 aliphatic heterocycles. The molecular formula is C8H7N3O2S. The van der Waals surface area contributed by atoms with Gasteiger partial charge in [-0.3, -0.25) is 9.59 Å². The van der Waals surface area contributed by atoms with Gasteiger partial charge in [0, 0.05) is 18.2 Å². The topological polar surface area (TPSA) is 64.0 Å². The highest BCUT2D eigenvalue weighted by atomic mass is 32.2. The standard InChI is InChI=1S/C8H7N3O2S/c12-6-1-4-3-14-8-10-7(13)2-5(9-6)11(4)8/h2,4H,1,3H2,(H,9,12). The van der Waals surface area contributed by atoms with Crippen molar-refractivity contribution in [2.75, 3.05) is 11.1 Å². The molecule has 3 rings (SSSR count). The van der Waals surface area contributed by atoms with Crippen LogP contribution in [-0.2, 0) is 4.79 Å². The van der Waals surface area contributed by atoms with E-state index in [2.05, 4.69) is 10.3 Å². The Bertz CT molecular complexity index is 482. The molecule has 1 unspecified atom stereocenters. The first-order valence-corrected chi connectivity index (χ1v) is 5.29. The second kappa shape index (κ2) is 2.60. The first kappa shape index (κ1) is 8.05. The number of aromatic nitrogens is 2. The lowest BCUT2D eigenvalue weighted by Crippen LogP contribution is -2.29. The van der Waals surface area contributed by atoms with Gasteiger partial charge >= 0.3 is 0 Å². The fourth-order valence-corrected chi connectivity index (χ4v) is 2.97. The highest BCUT2D eigenvalue weighted by molar-refractivity contribution is 7.99. The number of carbonyl (C=O) groups excluding carboxylic acids is 1. The van der Waals surface area contributed by atoms with Gasteiger partial charge in [0.15, 0.2) is 5.16 Å². The van der Waals surface area contributed by atoms with Crippen LogP contribution in [0.25, 0.3) is 0 Å². The molecule has 1 amide bonds. The van der Waals surface area contributed by atoms with E-state index in [4.69, 9.17) is 0 Å². The van der Waals surface area contributed by atoms with Crippen LogP contribution in [-0.4, -0.2) is 21.2 Å². The van der Waals surface area contributed by atoms with Gasteiger partial charge in [0.05, 0.1) is 6.04 Å². The molecule has 0 saturated carbocycles. The Hall–Kier alpha value is -1.30. The summed E-state index contributed by atoms with van der Waals surface area (Å²) in [7, 11) is 0. The van der Waals surface area contributed by atoms with Gasteiger partial charge in [-0.05, 0) is 0 Å². The van der Waals surface area contributed by atoms with Crippen LogP contribution in [0.3, 0.4) is 0 Å². The van der Waals surface area contributed by atoms with Crippen molar-refractivity contribution >= 4 is 23.5 Å². The summed E-state index contributed by atoms with van der Waals surface area (Å²) in [6.07, 6.45) is 0.484. The van der Waals surface area contributed by atoms with Crippen LogP contribution in [0.1, 0.15) is 12.5 Å². The average Bonchev–Trinajstić information content (AvgIpc) is 2.48. The molecule has 2 aliphatic rings. The molecule has 0 bridgehead atoms. The summed E-state index contributed by atoms with van der Waals surface area (Å²) in [6.45, 7) is 0. The van der Waals surface area contributed by atoms with Crippen LogP contribution in [0.5, 0.6) is 0 Å². The van der Waals surface area contributed by atoms with Gasteiger partial charge in [-0.2, -0.15) is 4.98 Å². The van der Waals surface area contributed by atoms with Crippen molar-refractivity contribution < 1.29 is 4.79 Å². The summed E-state index contributed by atoms with van der Waals surface area (Å²) in [5.41, 5.74) is -0.290. The average molecular weight is 209 g/mol. The molecule has 0 aliphatic carbocycles. The zero-order valence-electron chi connectivity index (χ0n) is 7.19. The van der Waals surface area contributed by atoms with Crippen LogP contribution in [0.2, 0.25) is 0 Å². The van der Waals surface area contributed by atoms with Gasteiger partial charge in [0.1, 0.15) is 5.82 Å². The maximum Gasteiger partial charge on any atom is 0.275 e. The number of amides is 1. The van der Waals surface area contributed by atoms with Crippen LogP contribution >= 0.6 is 11.8 Å². The maximum atomic E-state index is 11.3. The molecule has 1 atom stereocenters. The molecule has 6 heteroatoms. The monoisotopic (exact) mass is 209 g/mol. The van der Waals surface area contributed by atoms with Gasteiger partial charge in [0.25, 0.3) is 5.56 Å². The van der Waals surface area contributed by atoms with E-state index in [0.29, 0.717) is 12.2 Å². The lowest BCUT2D eigenvalue weighted by molar-refractivity contribution is -0.117. The lowest BCUT2D eigenvalue weighted by Gasteiger charge is -2.23. The van der Waals surface area contributed by atoms with E-state index in [1.165, 1.54) is 17.8 Å². The molecule has 0 radical (unpaired) electrons. The van der Waals surface area contributed by atoms with E-state index in [0.717, 1.165) is 10.9 Å². The third-order valence-corrected chi connectivity index (χ3v) is 3.49. The number of thioether (sulfide) groups is 1. The molecular weight excluding hydrogens is 202 g/mol. The molecule has 1 aromatic heterocycles. The zero-order chi connectivity index (χ0) is 9.71. The maximum absolute atomic E-state index is 11.3. The van der Waals surface area contributed by atoms with Crippen molar-refractivity contribution in [2.45, 2.75) is 17.6 Å². The summed E-state index contributed by atoms with van der Waals surface area (Å²) in [5.74, 6) is 1.40. The van der Waals surface area contributed by atoms with E-state index in [1.54, 1.807) is 0 Å². The molecule has 3 heterocycles. The number of rotatable bonds is 0. The summed E-state index contributed by atoms with van der Waals surface area (Å²) in [5, 5.41) is 3.40. The smallest absolute Gasteiger partial charge is 0.275 e. The molecule has 14 heavy (non-hydrogen) atoms. The van der Waals surface area contributed by atoms with Crippen molar-refractivity contribution in [1.29, 1.82) is 0 Å². The molecule has 1 aromatic rings. The molecule has 72 valence electrons. The van der Waals surface area contributed by atoms with E-state index >= 15 is 0 Å². The summed E-state index contributed by atoms with van der Waals surface area (Å²) in [6, 6.07) is 1.55.